The third kappa shape index (κ3) is 2.40. The molecular formula is C17H10N2O6. The van der Waals surface area contributed by atoms with Crippen LogP contribution in [0.15, 0.2) is 42.5 Å². The third-order valence-corrected chi connectivity index (χ3v) is 3.78. The highest BCUT2D eigenvalue weighted by atomic mass is 16.7. The number of fused-ring (bicyclic) bond motifs is 2. The molecule has 25 heavy (non-hydrogen) atoms. The lowest BCUT2D eigenvalue weighted by molar-refractivity contribution is -0.118. The lowest BCUT2D eigenvalue weighted by Crippen LogP contribution is -2.32. The Morgan fingerprint density at radius 1 is 1.04 bits per heavy atom. The van der Waals surface area contributed by atoms with E-state index in [1.54, 1.807) is 12.1 Å². The highest BCUT2D eigenvalue weighted by Gasteiger charge is 2.38. The second-order valence-electron chi connectivity index (χ2n) is 5.38. The number of ether oxygens (including phenoxy) is 1. The van der Waals surface area contributed by atoms with Crippen molar-refractivity contribution in [1.82, 2.24) is 5.06 Å². The van der Waals surface area contributed by atoms with Crippen LogP contribution in [0, 0.1) is 0 Å². The van der Waals surface area contributed by atoms with Gasteiger partial charge in [-0.1, -0.05) is 17.2 Å². The summed E-state index contributed by atoms with van der Waals surface area (Å²) in [7, 11) is 0. The predicted molar refractivity (Wildman–Crippen MR) is 82.9 cm³/mol. The molecule has 2 aromatic rings. The van der Waals surface area contributed by atoms with Crippen molar-refractivity contribution in [2.24, 2.45) is 0 Å². The summed E-state index contributed by atoms with van der Waals surface area (Å²) in [5.41, 5.74) is 0.715. The van der Waals surface area contributed by atoms with Crippen molar-refractivity contribution in [1.29, 1.82) is 0 Å². The van der Waals surface area contributed by atoms with Crippen molar-refractivity contribution in [2.75, 3.05) is 11.9 Å². The van der Waals surface area contributed by atoms with Gasteiger partial charge in [0, 0.05) is 0 Å². The van der Waals surface area contributed by atoms with Gasteiger partial charge in [0.1, 0.15) is 5.75 Å². The molecule has 0 fully saturated rings. The van der Waals surface area contributed by atoms with Gasteiger partial charge < -0.3 is 14.9 Å². The molecule has 0 unspecified atom stereocenters. The average Bonchev–Trinajstić information content (AvgIpc) is 2.86. The molecule has 3 amide bonds. The summed E-state index contributed by atoms with van der Waals surface area (Å²) in [5, 5.41) is 2.99. The minimum Gasteiger partial charge on any atom is -0.482 e. The number of carbonyl (C=O) groups excluding carboxylic acids is 4. The Labute approximate surface area is 140 Å². The summed E-state index contributed by atoms with van der Waals surface area (Å²) in [6.07, 6.45) is 0. The van der Waals surface area contributed by atoms with E-state index in [1.807, 2.05) is 0 Å². The number of nitrogens with zero attached hydrogens (tertiary/aromatic N) is 1. The van der Waals surface area contributed by atoms with Gasteiger partial charge in [-0.25, -0.2) is 4.79 Å². The topological polar surface area (TPSA) is 102 Å². The number of hydroxylamine groups is 2. The number of benzene rings is 2. The number of imide groups is 1. The SMILES string of the molecule is O=C1COc2ccc(C(=O)ON3C(=O)c4ccccc4C3=O)cc2N1. The van der Waals surface area contributed by atoms with Gasteiger partial charge in [0.15, 0.2) is 6.61 Å². The maximum atomic E-state index is 12.3. The Morgan fingerprint density at radius 2 is 1.72 bits per heavy atom. The summed E-state index contributed by atoms with van der Waals surface area (Å²) < 4.78 is 5.20. The standard InChI is InChI=1S/C17H10N2O6/c20-14-8-24-13-6-5-9(7-12(13)18-14)17(23)25-19-15(21)10-3-1-2-4-11(10)16(19)22/h1-7H,8H2,(H,18,20). The van der Waals surface area contributed by atoms with Crippen LogP contribution in [0.2, 0.25) is 0 Å². The van der Waals surface area contributed by atoms with Crippen LogP contribution in [0.5, 0.6) is 5.75 Å². The van der Waals surface area contributed by atoms with Gasteiger partial charge in [0.2, 0.25) is 0 Å². The minimum atomic E-state index is -0.905. The van der Waals surface area contributed by atoms with Crippen LogP contribution in [-0.4, -0.2) is 35.4 Å². The van der Waals surface area contributed by atoms with Crippen LogP contribution in [0.4, 0.5) is 5.69 Å². The molecule has 1 N–H and O–H groups in total. The normalized spacial score (nSPS) is 15.2. The van der Waals surface area contributed by atoms with Crippen LogP contribution in [0.3, 0.4) is 0 Å². The number of anilines is 1. The molecule has 0 radical (unpaired) electrons. The Morgan fingerprint density at radius 3 is 2.40 bits per heavy atom. The van der Waals surface area contributed by atoms with Crippen LogP contribution >= 0.6 is 0 Å². The maximum absolute atomic E-state index is 12.3. The zero-order valence-electron chi connectivity index (χ0n) is 12.6. The number of hydrogen-bond donors (Lipinski definition) is 1. The smallest absolute Gasteiger partial charge is 0.364 e. The van der Waals surface area contributed by atoms with Crippen LogP contribution in [-0.2, 0) is 9.63 Å². The molecule has 4 rings (SSSR count). The summed E-state index contributed by atoms with van der Waals surface area (Å²) in [4.78, 5) is 53.0. The zero-order chi connectivity index (χ0) is 17.6. The molecule has 2 heterocycles. The Hall–Kier alpha value is -3.68. The first kappa shape index (κ1) is 14.9. The van der Waals surface area contributed by atoms with E-state index < -0.39 is 17.8 Å². The van der Waals surface area contributed by atoms with E-state index in [0.717, 1.165) is 0 Å². The van der Waals surface area contributed by atoms with E-state index in [0.29, 0.717) is 16.5 Å². The molecule has 0 spiro atoms. The highest BCUT2D eigenvalue weighted by Crippen LogP contribution is 2.29. The van der Waals surface area contributed by atoms with Crippen LogP contribution in [0.1, 0.15) is 31.1 Å². The van der Waals surface area contributed by atoms with Crippen molar-refractivity contribution in [3.8, 4) is 5.75 Å². The number of rotatable bonds is 2. The zero-order valence-corrected chi connectivity index (χ0v) is 12.6. The number of hydrogen-bond acceptors (Lipinski definition) is 6. The van der Waals surface area contributed by atoms with Gasteiger partial charge in [-0.2, -0.15) is 0 Å². The molecule has 8 heteroatoms. The third-order valence-electron chi connectivity index (χ3n) is 3.78. The second kappa shape index (κ2) is 5.45. The van der Waals surface area contributed by atoms with Crippen molar-refractivity contribution in [2.45, 2.75) is 0 Å². The van der Waals surface area contributed by atoms with Gasteiger partial charge in [-0.05, 0) is 30.3 Å². The van der Waals surface area contributed by atoms with E-state index in [1.165, 1.54) is 30.3 Å². The molecule has 0 aliphatic carbocycles. The molecule has 0 saturated heterocycles. The van der Waals surface area contributed by atoms with Crippen molar-refractivity contribution in [3.63, 3.8) is 0 Å². The number of amides is 3. The fourth-order valence-corrected chi connectivity index (χ4v) is 2.60. The summed E-state index contributed by atoms with van der Waals surface area (Å²) >= 11 is 0. The summed E-state index contributed by atoms with van der Waals surface area (Å²) in [6, 6.07) is 10.4. The average molecular weight is 338 g/mol. The van der Waals surface area contributed by atoms with Crippen molar-refractivity contribution >= 4 is 29.4 Å². The van der Waals surface area contributed by atoms with Crippen molar-refractivity contribution in [3.05, 3.63) is 59.2 Å². The van der Waals surface area contributed by atoms with Gasteiger partial charge in [-0.15, -0.1) is 0 Å². The molecule has 0 saturated carbocycles. The first-order chi connectivity index (χ1) is 12.0. The number of nitrogens with one attached hydrogen (secondary N) is 1. The van der Waals surface area contributed by atoms with Gasteiger partial charge in [-0.3, -0.25) is 14.4 Å². The largest absolute Gasteiger partial charge is 0.482 e. The van der Waals surface area contributed by atoms with E-state index in [4.69, 9.17) is 9.57 Å². The molecule has 0 aromatic heterocycles. The Balaban J connectivity index is 1.57. The molecule has 0 atom stereocenters. The maximum Gasteiger partial charge on any atom is 0.364 e. The lowest BCUT2D eigenvalue weighted by atomic mass is 10.1. The van der Waals surface area contributed by atoms with Gasteiger partial charge in [0.25, 0.3) is 17.7 Å². The molecule has 2 aliphatic heterocycles. The van der Waals surface area contributed by atoms with Gasteiger partial charge >= 0.3 is 5.97 Å². The fourth-order valence-electron chi connectivity index (χ4n) is 2.60. The lowest BCUT2D eigenvalue weighted by Gasteiger charge is -2.18. The number of carbonyl (C=O) groups is 4. The monoisotopic (exact) mass is 338 g/mol. The van der Waals surface area contributed by atoms with E-state index in [-0.39, 0.29) is 29.2 Å². The Bertz CT molecular complexity index is 917. The van der Waals surface area contributed by atoms with E-state index >= 15 is 0 Å². The first-order valence-electron chi connectivity index (χ1n) is 7.31. The van der Waals surface area contributed by atoms with Crippen LogP contribution < -0.4 is 10.1 Å². The van der Waals surface area contributed by atoms with E-state index in [2.05, 4.69) is 5.32 Å². The quantitative estimate of drug-likeness (QED) is 0.830. The molecule has 2 aromatic carbocycles. The first-order valence-corrected chi connectivity index (χ1v) is 7.31. The second-order valence-corrected chi connectivity index (χ2v) is 5.38. The minimum absolute atomic E-state index is 0.0566. The van der Waals surface area contributed by atoms with Gasteiger partial charge in [0.05, 0.1) is 22.4 Å². The highest BCUT2D eigenvalue weighted by molar-refractivity contribution is 6.21. The Kier molecular flexibility index (Phi) is 3.24. The predicted octanol–water partition coefficient (Wildman–Crippen LogP) is 1.39. The van der Waals surface area contributed by atoms with E-state index in [9.17, 15) is 19.2 Å². The van der Waals surface area contributed by atoms with Crippen LogP contribution in [0.25, 0.3) is 0 Å². The molecule has 2 aliphatic rings. The summed E-state index contributed by atoms with van der Waals surface area (Å²) in [5.74, 6) is -2.25. The molecule has 0 bridgehead atoms. The molecule has 124 valence electrons. The summed E-state index contributed by atoms with van der Waals surface area (Å²) in [6.45, 7) is -0.105. The molecule has 8 nitrogen and oxygen atoms in total. The molecular weight excluding hydrogens is 328 g/mol. The fraction of sp³-hybridized carbons (Fsp3) is 0.0588. The van der Waals surface area contributed by atoms with Crippen molar-refractivity contribution < 1.29 is 28.8 Å².